The summed E-state index contributed by atoms with van der Waals surface area (Å²) in [5, 5.41) is 0. The average molecular weight is 307 g/mol. The number of rotatable bonds is 4. The second kappa shape index (κ2) is 6.36. The first kappa shape index (κ1) is 14.8. The van der Waals surface area contributed by atoms with Crippen LogP contribution in [0.2, 0.25) is 0 Å². The van der Waals surface area contributed by atoms with Gasteiger partial charge in [-0.25, -0.2) is 9.97 Å². The predicted octanol–water partition coefficient (Wildman–Crippen LogP) is 3.41. The molecule has 0 bridgehead atoms. The van der Waals surface area contributed by atoms with E-state index in [1.54, 1.807) is 14.2 Å². The highest BCUT2D eigenvalue weighted by Gasteiger charge is 2.12. The molecular formula is C18H17N3O2. The number of methoxy groups -OCH3 is 2. The lowest BCUT2D eigenvalue weighted by Crippen LogP contribution is -2.00. The molecule has 116 valence electrons. The molecule has 23 heavy (non-hydrogen) atoms. The number of aromatic nitrogens is 2. The van der Waals surface area contributed by atoms with Gasteiger partial charge in [0.15, 0.2) is 0 Å². The van der Waals surface area contributed by atoms with E-state index in [0.29, 0.717) is 11.4 Å². The molecule has 1 heterocycles. The highest BCUT2D eigenvalue weighted by Crippen LogP contribution is 2.34. The summed E-state index contributed by atoms with van der Waals surface area (Å²) in [6.07, 6.45) is 0. The summed E-state index contributed by atoms with van der Waals surface area (Å²) in [6.45, 7) is 0. The van der Waals surface area contributed by atoms with E-state index < -0.39 is 0 Å². The number of anilines is 1. The first-order valence-corrected chi connectivity index (χ1v) is 7.13. The van der Waals surface area contributed by atoms with E-state index in [1.807, 2.05) is 54.6 Å². The fourth-order valence-corrected chi connectivity index (χ4v) is 2.37. The Morgan fingerprint density at radius 2 is 1.57 bits per heavy atom. The molecule has 2 N–H and O–H groups in total. The number of benzene rings is 2. The SMILES string of the molecule is COc1ccc(OC)c(-c2cc(-c3ccccc3)nc(N)n2)c1. The molecule has 0 spiro atoms. The highest BCUT2D eigenvalue weighted by atomic mass is 16.5. The maximum atomic E-state index is 5.90. The van der Waals surface area contributed by atoms with Crippen LogP contribution in [0.15, 0.2) is 54.6 Å². The Balaban J connectivity index is 2.16. The van der Waals surface area contributed by atoms with Crippen LogP contribution < -0.4 is 15.2 Å². The molecule has 5 heteroatoms. The van der Waals surface area contributed by atoms with E-state index in [1.165, 1.54) is 0 Å². The zero-order chi connectivity index (χ0) is 16.2. The quantitative estimate of drug-likeness (QED) is 0.800. The van der Waals surface area contributed by atoms with Gasteiger partial charge in [-0.1, -0.05) is 30.3 Å². The number of ether oxygens (including phenoxy) is 2. The van der Waals surface area contributed by atoms with Crippen LogP contribution in [-0.4, -0.2) is 24.2 Å². The van der Waals surface area contributed by atoms with Crippen LogP contribution in [0.3, 0.4) is 0 Å². The molecule has 0 aliphatic rings. The van der Waals surface area contributed by atoms with Crippen molar-refractivity contribution in [1.82, 2.24) is 9.97 Å². The molecule has 1 aromatic heterocycles. The van der Waals surface area contributed by atoms with E-state index >= 15 is 0 Å². The van der Waals surface area contributed by atoms with Crippen molar-refractivity contribution in [2.75, 3.05) is 20.0 Å². The zero-order valence-corrected chi connectivity index (χ0v) is 13.0. The van der Waals surface area contributed by atoms with Crippen LogP contribution in [0.4, 0.5) is 5.95 Å². The van der Waals surface area contributed by atoms with Gasteiger partial charge >= 0.3 is 0 Å². The topological polar surface area (TPSA) is 70.3 Å². The van der Waals surface area contributed by atoms with Gasteiger partial charge in [0, 0.05) is 11.1 Å². The van der Waals surface area contributed by atoms with Crippen LogP contribution in [0.5, 0.6) is 11.5 Å². The number of hydrogen-bond acceptors (Lipinski definition) is 5. The molecular weight excluding hydrogens is 290 g/mol. The van der Waals surface area contributed by atoms with Gasteiger partial charge < -0.3 is 15.2 Å². The molecule has 0 amide bonds. The van der Waals surface area contributed by atoms with E-state index in [4.69, 9.17) is 15.2 Å². The minimum absolute atomic E-state index is 0.214. The summed E-state index contributed by atoms with van der Waals surface area (Å²) in [5.41, 5.74) is 9.13. The Bertz CT molecular complexity index is 820. The van der Waals surface area contributed by atoms with Gasteiger partial charge in [0.1, 0.15) is 11.5 Å². The molecule has 0 fully saturated rings. The van der Waals surface area contributed by atoms with Crippen LogP contribution in [-0.2, 0) is 0 Å². The lowest BCUT2D eigenvalue weighted by Gasteiger charge is -2.11. The van der Waals surface area contributed by atoms with Gasteiger partial charge in [-0.3, -0.25) is 0 Å². The molecule has 5 nitrogen and oxygen atoms in total. The van der Waals surface area contributed by atoms with Crippen LogP contribution in [0.25, 0.3) is 22.5 Å². The lowest BCUT2D eigenvalue weighted by atomic mass is 10.1. The maximum Gasteiger partial charge on any atom is 0.221 e. The maximum absolute atomic E-state index is 5.90. The molecule has 0 saturated heterocycles. The summed E-state index contributed by atoms with van der Waals surface area (Å²) in [4.78, 5) is 8.67. The Morgan fingerprint density at radius 3 is 2.26 bits per heavy atom. The average Bonchev–Trinajstić information content (AvgIpc) is 2.61. The van der Waals surface area contributed by atoms with E-state index in [-0.39, 0.29) is 5.95 Å². The van der Waals surface area contributed by atoms with Gasteiger partial charge in [0.2, 0.25) is 5.95 Å². The Kier molecular flexibility index (Phi) is 4.10. The Hall–Kier alpha value is -3.08. The highest BCUT2D eigenvalue weighted by molar-refractivity contribution is 5.74. The van der Waals surface area contributed by atoms with Crippen molar-refractivity contribution in [2.45, 2.75) is 0 Å². The van der Waals surface area contributed by atoms with E-state index in [0.717, 1.165) is 22.6 Å². The minimum atomic E-state index is 0.214. The van der Waals surface area contributed by atoms with Crippen molar-refractivity contribution in [3.8, 4) is 34.0 Å². The smallest absolute Gasteiger partial charge is 0.221 e. The number of nitrogens with two attached hydrogens (primary N) is 1. The summed E-state index contributed by atoms with van der Waals surface area (Å²) in [6, 6.07) is 17.3. The molecule has 3 rings (SSSR count). The van der Waals surface area contributed by atoms with Crippen LogP contribution >= 0.6 is 0 Å². The third-order valence-electron chi connectivity index (χ3n) is 3.50. The summed E-state index contributed by atoms with van der Waals surface area (Å²) >= 11 is 0. The number of nitrogen functional groups attached to an aromatic ring is 1. The lowest BCUT2D eigenvalue weighted by molar-refractivity contribution is 0.404. The van der Waals surface area contributed by atoms with Crippen molar-refractivity contribution >= 4 is 5.95 Å². The number of hydrogen-bond donors (Lipinski definition) is 1. The molecule has 0 radical (unpaired) electrons. The number of nitrogens with zero attached hydrogens (tertiary/aromatic N) is 2. The van der Waals surface area contributed by atoms with Crippen molar-refractivity contribution in [2.24, 2.45) is 0 Å². The molecule has 0 aliphatic carbocycles. The van der Waals surface area contributed by atoms with Gasteiger partial charge in [0.25, 0.3) is 0 Å². The van der Waals surface area contributed by atoms with Crippen molar-refractivity contribution in [3.63, 3.8) is 0 Å². The molecule has 0 unspecified atom stereocenters. The molecule has 0 atom stereocenters. The summed E-state index contributed by atoms with van der Waals surface area (Å²) in [7, 11) is 3.24. The van der Waals surface area contributed by atoms with Gasteiger partial charge in [-0.05, 0) is 24.3 Å². The largest absolute Gasteiger partial charge is 0.497 e. The van der Waals surface area contributed by atoms with Gasteiger partial charge in [0.05, 0.1) is 25.6 Å². The van der Waals surface area contributed by atoms with Crippen molar-refractivity contribution in [3.05, 3.63) is 54.6 Å². The Morgan fingerprint density at radius 1 is 0.826 bits per heavy atom. The fraction of sp³-hybridized carbons (Fsp3) is 0.111. The van der Waals surface area contributed by atoms with Crippen molar-refractivity contribution in [1.29, 1.82) is 0 Å². The van der Waals surface area contributed by atoms with Crippen LogP contribution in [0, 0.1) is 0 Å². The first-order valence-electron chi connectivity index (χ1n) is 7.13. The predicted molar refractivity (Wildman–Crippen MR) is 90.4 cm³/mol. The first-order chi connectivity index (χ1) is 11.2. The Labute approximate surface area is 134 Å². The third kappa shape index (κ3) is 3.08. The third-order valence-corrected chi connectivity index (χ3v) is 3.50. The van der Waals surface area contributed by atoms with Crippen LogP contribution in [0.1, 0.15) is 0 Å². The second-order valence-corrected chi connectivity index (χ2v) is 4.93. The second-order valence-electron chi connectivity index (χ2n) is 4.93. The minimum Gasteiger partial charge on any atom is -0.497 e. The van der Waals surface area contributed by atoms with Crippen molar-refractivity contribution < 1.29 is 9.47 Å². The van der Waals surface area contributed by atoms with Gasteiger partial charge in [-0.15, -0.1) is 0 Å². The zero-order valence-electron chi connectivity index (χ0n) is 13.0. The molecule has 0 aliphatic heterocycles. The van der Waals surface area contributed by atoms with E-state index in [9.17, 15) is 0 Å². The standard InChI is InChI=1S/C18H17N3O2/c1-22-13-8-9-17(23-2)14(10-13)16-11-15(20-18(19)21-16)12-6-4-3-5-7-12/h3-11H,1-2H3,(H2,19,20,21). The molecule has 3 aromatic rings. The summed E-state index contributed by atoms with van der Waals surface area (Å²) in [5.74, 6) is 1.63. The molecule has 0 saturated carbocycles. The van der Waals surface area contributed by atoms with E-state index in [2.05, 4.69) is 9.97 Å². The fourth-order valence-electron chi connectivity index (χ4n) is 2.37. The normalized spacial score (nSPS) is 10.3. The summed E-state index contributed by atoms with van der Waals surface area (Å²) < 4.78 is 10.7. The van der Waals surface area contributed by atoms with Gasteiger partial charge in [-0.2, -0.15) is 0 Å². The monoisotopic (exact) mass is 307 g/mol. The molecule has 2 aromatic carbocycles.